The SMILES string of the molecule is CN1C(=O)C[C@@H](N(C)C(=O)c2ccc(C3=NO[C@](C)(c4cc(Cl)c(F)c(Cl)c4)C3)cc2)C1=O. The second-order valence-corrected chi connectivity index (χ2v) is 9.11. The molecule has 0 radical (unpaired) electrons. The van der Waals surface area contributed by atoms with E-state index in [1.54, 1.807) is 31.2 Å². The molecule has 0 aromatic heterocycles. The van der Waals surface area contributed by atoms with E-state index in [9.17, 15) is 18.8 Å². The highest BCUT2D eigenvalue weighted by molar-refractivity contribution is 6.35. The average Bonchev–Trinajstić information content (AvgIpc) is 3.32. The summed E-state index contributed by atoms with van der Waals surface area (Å²) in [6, 6.07) is 8.83. The predicted molar refractivity (Wildman–Crippen MR) is 121 cm³/mol. The van der Waals surface area contributed by atoms with Gasteiger partial charge in [-0.15, -0.1) is 0 Å². The lowest BCUT2D eigenvalue weighted by atomic mass is 9.89. The van der Waals surface area contributed by atoms with Crippen molar-refractivity contribution in [3.8, 4) is 0 Å². The molecule has 0 saturated carbocycles. The Bertz CT molecular complexity index is 1180. The third kappa shape index (κ3) is 4.09. The Morgan fingerprint density at radius 1 is 1.21 bits per heavy atom. The van der Waals surface area contributed by atoms with Crippen molar-refractivity contribution in [2.75, 3.05) is 14.1 Å². The minimum Gasteiger partial charge on any atom is -0.384 e. The number of hydrogen-bond acceptors (Lipinski definition) is 5. The highest BCUT2D eigenvalue weighted by atomic mass is 35.5. The topological polar surface area (TPSA) is 79.3 Å². The molecule has 1 fully saturated rings. The van der Waals surface area contributed by atoms with Crippen LogP contribution in [0.2, 0.25) is 10.0 Å². The molecule has 2 aliphatic heterocycles. The van der Waals surface area contributed by atoms with E-state index in [0.717, 1.165) is 10.5 Å². The Morgan fingerprint density at radius 3 is 2.36 bits per heavy atom. The number of amides is 3. The van der Waals surface area contributed by atoms with E-state index in [1.807, 2.05) is 0 Å². The first-order chi connectivity index (χ1) is 15.5. The van der Waals surface area contributed by atoms with Crippen molar-refractivity contribution in [3.63, 3.8) is 0 Å². The summed E-state index contributed by atoms with van der Waals surface area (Å²) in [5.41, 5.74) is 1.46. The van der Waals surface area contributed by atoms with Gasteiger partial charge in [-0.25, -0.2) is 4.39 Å². The van der Waals surface area contributed by atoms with Crippen molar-refractivity contribution in [1.82, 2.24) is 9.80 Å². The molecule has 4 rings (SSSR count). The molecule has 0 N–H and O–H groups in total. The van der Waals surface area contributed by atoms with Crippen LogP contribution in [0.1, 0.15) is 41.3 Å². The van der Waals surface area contributed by atoms with Gasteiger partial charge in [0.15, 0.2) is 11.4 Å². The van der Waals surface area contributed by atoms with Gasteiger partial charge in [0.2, 0.25) is 5.91 Å². The van der Waals surface area contributed by atoms with Crippen LogP contribution < -0.4 is 0 Å². The fourth-order valence-corrected chi connectivity index (χ4v) is 4.39. The Kier molecular flexibility index (Phi) is 5.92. The molecular formula is C23H20Cl2FN3O4. The van der Waals surface area contributed by atoms with E-state index in [0.29, 0.717) is 23.3 Å². The fraction of sp³-hybridized carbons (Fsp3) is 0.304. The smallest absolute Gasteiger partial charge is 0.254 e. The monoisotopic (exact) mass is 491 g/mol. The van der Waals surface area contributed by atoms with Gasteiger partial charge in [-0.2, -0.15) is 0 Å². The first kappa shape index (κ1) is 23.2. The van der Waals surface area contributed by atoms with Crippen LogP contribution in [0, 0.1) is 5.82 Å². The Hall–Kier alpha value is -2.97. The number of rotatable bonds is 4. The number of benzene rings is 2. The molecule has 0 spiro atoms. The zero-order valence-corrected chi connectivity index (χ0v) is 19.6. The number of nitrogens with zero attached hydrogens (tertiary/aromatic N) is 3. The van der Waals surface area contributed by atoms with Gasteiger partial charge < -0.3 is 9.74 Å². The number of oxime groups is 1. The van der Waals surface area contributed by atoms with Gasteiger partial charge in [0.05, 0.1) is 22.2 Å². The molecule has 7 nitrogen and oxygen atoms in total. The summed E-state index contributed by atoms with van der Waals surface area (Å²) in [4.78, 5) is 44.8. The number of likely N-dealkylation sites (N-methyl/N-ethyl adjacent to an activating group) is 2. The summed E-state index contributed by atoms with van der Waals surface area (Å²) in [6.45, 7) is 1.80. The summed E-state index contributed by atoms with van der Waals surface area (Å²) in [6.07, 6.45) is 0.351. The number of halogens is 3. The number of hydrogen-bond donors (Lipinski definition) is 0. The van der Waals surface area contributed by atoms with Crippen LogP contribution in [-0.4, -0.2) is 53.4 Å². The Labute approximate surface area is 199 Å². The zero-order chi connectivity index (χ0) is 24.1. The summed E-state index contributed by atoms with van der Waals surface area (Å²) >= 11 is 11.9. The van der Waals surface area contributed by atoms with Gasteiger partial charge in [0.25, 0.3) is 11.8 Å². The maximum atomic E-state index is 13.8. The Balaban J connectivity index is 1.48. The van der Waals surface area contributed by atoms with E-state index >= 15 is 0 Å². The van der Waals surface area contributed by atoms with Crippen molar-refractivity contribution < 1.29 is 23.6 Å². The van der Waals surface area contributed by atoms with Crippen molar-refractivity contribution in [1.29, 1.82) is 0 Å². The molecule has 2 aromatic carbocycles. The molecule has 1 saturated heterocycles. The van der Waals surface area contributed by atoms with Crippen molar-refractivity contribution in [2.24, 2.45) is 5.16 Å². The normalized spacial score (nSPS) is 22.4. The molecule has 33 heavy (non-hydrogen) atoms. The molecule has 0 bridgehead atoms. The van der Waals surface area contributed by atoms with E-state index < -0.39 is 23.4 Å². The second kappa shape index (κ2) is 8.43. The van der Waals surface area contributed by atoms with E-state index in [-0.39, 0.29) is 28.3 Å². The lowest BCUT2D eigenvalue weighted by molar-refractivity contribution is -0.137. The standard InChI is InChI=1S/C23H20Cl2FN3O4/c1-23(14-8-15(24)20(26)16(25)9-14)11-17(27-33-23)12-4-6-13(7-5-12)21(31)28(2)18-10-19(30)29(3)22(18)32/h4-9,18H,10-11H2,1-3H3/t18-,23+/m1/s1. The third-order valence-corrected chi connectivity index (χ3v) is 6.62. The third-order valence-electron chi connectivity index (χ3n) is 6.07. The Morgan fingerprint density at radius 2 is 1.82 bits per heavy atom. The van der Waals surface area contributed by atoms with E-state index in [1.165, 1.54) is 31.1 Å². The van der Waals surface area contributed by atoms with Gasteiger partial charge in [-0.05, 0) is 36.8 Å². The van der Waals surface area contributed by atoms with Crippen molar-refractivity contribution in [3.05, 3.63) is 69.0 Å². The summed E-state index contributed by atoms with van der Waals surface area (Å²) in [7, 11) is 2.91. The number of imide groups is 1. The summed E-state index contributed by atoms with van der Waals surface area (Å²) < 4.78 is 13.8. The minimum atomic E-state index is -0.883. The number of likely N-dealkylation sites (tertiary alicyclic amines) is 1. The van der Waals surface area contributed by atoms with E-state index in [2.05, 4.69) is 5.16 Å². The fourth-order valence-electron chi connectivity index (χ4n) is 3.90. The molecule has 3 amide bonds. The summed E-state index contributed by atoms with van der Waals surface area (Å²) in [5, 5.41) is 3.97. The van der Waals surface area contributed by atoms with Crippen molar-refractivity contribution >= 4 is 46.6 Å². The van der Waals surface area contributed by atoms with Gasteiger partial charge >= 0.3 is 0 Å². The highest BCUT2D eigenvalue weighted by Crippen LogP contribution is 2.39. The highest BCUT2D eigenvalue weighted by Gasteiger charge is 2.41. The second-order valence-electron chi connectivity index (χ2n) is 8.30. The summed E-state index contributed by atoms with van der Waals surface area (Å²) in [5.74, 6) is -1.77. The van der Waals surface area contributed by atoms with Crippen LogP contribution in [0.4, 0.5) is 4.39 Å². The first-order valence-electron chi connectivity index (χ1n) is 10.1. The van der Waals surface area contributed by atoms with Gasteiger partial charge in [-0.3, -0.25) is 19.3 Å². The van der Waals surface area contributed by atoms with Crippen LogP contribution in [0.15, 0.2) is 41.6 Å². The molecule has 10 heteroatoms. The van der Waals surface area contributed by atoms with Crippen LogP contribution in [0.5, 0.6) is 0 Å². The quantitative estimate of drug-likeness (QED) is 0.478. The molecule has 2 heterocycles. The molecule has 2 aliphatic rings. The zero-order valence-electron chi connectivity index (χ0n) is 18.1. The number of carbonyl (C=O) groups is 3. The maximum absolute atomic E-state index is 13.8. The van der Waals surface area contributed by atoms with Crippen molar-refractivity contribution in [2.45, 2.75) is 31.4 Å². The van der Waals surface area contributed by atoms with Gasteiger partial charge in [0.1, 0.15) is 6.04 Å². The molecular weight excluding hydrogens is 472 g/mol. The van der Waals surface area contributed by atoms with Crippen LogP contribution >= 0.6 is 23.2 Å². The van der Waals surface area contributed by atoms with Crippen LogP contribution in [0.25, 0.3) is 0 Å². The predicted octanol–water partition coefficient (Wildman–Crippen LogP) is 4.00. The van der Waals surface area contributed by atoms with Crippen LogP contribution in [-0.2, 0) is 20.0 Å². The minimum absolute atomic E-state index is 0.0280. The van der Waals surface area contributed by atoms with Gasteiger partial charge in [0, 0.05) is 31.6 Å². The first-order valence-corrected chi connectivity index (χ1v) is 10.9. The van der Waals surface area contributed by atoms with E-state index in [4.69, 9.17) is 28.0 Å². The molecule has 2 atom stereocenters. The lowest BCUT2D eigenvalue weighted by Crippen LogP contribution is -2.42. The molecule has 0 unspecified atom stereocenters. The number of carbonyl (C=O) groups excluding carboxylic acids is 3. The van der Waals surface area contributed by atoms with Crippen LogP contribution in [0.3, 0.4) is 0 Å². The molecule has 0 aliphatic carbocycles. The van der Waals surface area contributed by atoms with Gasteiger partial charge in [-0.1, -0.05) is 40.5 Å². The average molecular weight is 492 g/mol. The largest absolute Gasteiger partial charge is 0.384 e. The molecule has 172 valence electrons. The maximum Gasteiger partial charge on any atom is 0.254 e. The lowest BCUT2D eigenvalue weighted by Gasteiger charge is -2.23. The molecule has 2 aromatic rings.